The standard InChI is InChI=1S/C17H21N3O3S/c1-10(2)8-12-4-6-13(7-5-12)11(3)19-20-17-18-16(23)14(24-17)9-15(21)22/h4-7,10,14H,8-9H2,1-3H3,(H,21,22)(H,18,20,23)/p-1/b19-11-/t14-/m1/s1. The minimum absolute atomic E-state index is 0.307. The van der Waals surface area contributed by atoms with Crippen molar-refractivity contribution in [2.45, 2.75) is 38.9 Å². The summed E-state index contributed by atoms with van der Waals surface area (Å²) in [4.78, 5) is 22.2. The summed E-state index contributed by atoms with van der Waals surface area (Å²) in [6, 6.07) is 8.14. The number of nitrogens with one attached hydrogen (secondary N) is 1. The van der Waals surface area contributed by atoms with Gasteiger partial charge in [-0.2, -0.15) is 5.10 Å². The molecule has 2 rings (SSSR count). The first-order chi connectivity index (χ1) is 11.3. The number of amidine groups is 1. The van der Waals surface area contributed by atoms with Gasteiger partial charge in [0.25, 0.3) is 0 Å². The highest BCUT2D eigenvalue weighted by Crippen LogP contribution is 2.22. The minimum atomic E-state index is -1.26. The van der Waals surface area contributed by atoms with Crippen molar-refractivity contribution in [3.63, 3.8) is 0 Å². The largest absolute Gasteiger partial charge is 0.550 e. The molecule has 1 aliphatic rings. The second-order valence-corrected chi connectivity index (χ2v) is 7.25. The molecule has 0 spiro atoms. The van der Waals surface area contributed by atoms with Crippen molar-refractivity contribution in [2.75, 3.05) is 0 Å². The topological polar surface area (TPSA) is 94.0 Å². The number of hydrogen-bond donors (Lipinski definition) is 1. The molecule has 1 saturated heterocycles. The van der Waals surface area contributed by atoms with Crippen molar-refractivity contribution in [1.29, 1.82) is 0 Å². The molecule has 1 N–H and O–H groups in total. The van der Waals surface area contributed by atoms with Gasteiger partial charge >= 0.3 is 0 Å². The molecule has 0 aromatic heterocycles. The van der Waals surface area contributed by atoms with Crippen molar-refractivity contribution < 1.29 is 14.7 Å². The molecule has 1 amide bonds. The lowest BCUT2D eigenvalue weighted by Crippen LogP contribution is -2.31. The molecule has 0 unspecified atom stereocenters. The molecule has 1 aromatic carbocycles. The summed E-state index contributed by atoms with van der Waals surface area (Å²) in [6.07, 6.45) is 0.691. The predicted molar refractivity (Wildman–Crippen MR) is 93.8 cm³/mol. The summed E-state index contributed by atoms with van der Waals surface area (Å²) in [7, 11) is 0. The van der Waals surface area contributed by atoms with Crippen molar-refractivity contribution >= 4 is 34.5 Å². The fraction of sp³-hybridized carbons (Fsp3) is 0.412. The minimum Gasteiger partial charge on any atom is -0.550 e. The first kappa shape index (κ1) is 18.2. The number of carbonyl (C=O) groups is 2. The number of rotatable bonds is 6. The SMILES string of the molecule is C/C(=N/N=C1/NC(=O)[C@@H](CC(=O)[O-])S1)c1ccc(CC(C)C)cc1. The Kier molecular flexibility index (Phi) is 6.14. The number of thioether (sulfide) groups is 1. The molecule has 24 heavy (non-hydrogen) atoms. The first-order valence-electron chi connectivity index (χ1n) is 7.74. The molecular weight excluding hydrogens is 326 g/mol. The quantitative estimate of drug-likeness (QED) is 0.621. The number of aliphatic carboxylic acids is 1. The fourth-order valence-corrected chi connectivity index (χ4v) is 3.17. The fourth-order valence-electron chi connectivity index (χ4n) is 2.27. The van der Waals surface area contributed by atoms with E-state index in [1.54, 1.807) is 0 Å². The van der Waals surface area contributed by atoms with Crippen LogP contribution in [0.15, 0.2) is 34.5 Å². The Hall–Kier alpha value is -2.15. The highest BCUT2D eigenvalue weighted by atomic mass is 32.2. The van der Waals surface area contributed by atoms with Crippen LogP contribution in [0.3, 0.4) is 0 Å². The molecule has 0 bridgehead atoms. The number of carbonyl (C=O) groups excluding carboxylic acids is 2. The van der Waals surface area contributed by atoms with E-state index in [1.165, 1.54) is 5.56 Å². The molecule has 1 heterocycles. The Labute approximate surface area is 145 Å². The Bertz CT molecular complexity index is 681. The highest BCUT2D eigenvalue weighted by Gasteiger charge is 2.30. The van der Waals surface area contributed by atoms with Gasteiger partial charge in [0.05, 0.1) is 11.0 Å². The predicted octanol–water partition coefficient (Wildman–Crippen LogP) is 1.34. The molecule has 1 aromatic rings. The van der Waals surface area contributed by atoms with Gasteiger partial charge in [0, 0.05) is 12.4 Å². The van der Waals surface area contributed by atoms with Crippen LogP contribution in [0.25, 0.3) is 0 Å². The van der Waals surface area contributed by atoms with E-state index in [-0.39, 0.29) is 12.3 Å². The maximum Gasteiger partial charge on any atom is 0.239 e. The van der Waals surface area contributed by atoms with E-state index >= 15 is 0 Å². The van der Waals surface area contributed by atoms with Crippen molar-refractivity contribution in [3.05, 3.63) is 35.4 Å². The van der Waals surface area contributed by atoms with Crippen LogP contribution in [0.1, 0.15) is 38.3 Å². The number of carboxylic acid groups (broad SMARTS) is 1. The summed E-state index contributed by atoms with van der Waals surface area (Å²) < 4.78 is 0. The van der Waals surface area contributed by atoms with Crippen LogP contribution in [-0.2, 0) is 16.0 Å². The Morgan fingerprint density at radius 2 is 2.00 bits per heavy atom. The molecule has 1 atom stereocenters. The number of carboxylic acids is 1. The van der Waals surface area contributed by atoms with E-state index < -0.39 is 11.2 Å². The third kappa shape index (κ3) is 5.19. The molecule has 1 aliphatic heterocycles. The lowest BCUT2D eigenvalue weighted by Gasteiger charge is -2.06. The van der Waals surface area contributed by atoms with Crippen molar-refractivity contribution in [3.8, 4) is 0 Å². The normalized spacial score (nSPS) is 19.8. The van der Waals surface area contributed by atoms with Gasteiger partial charge in [-0.3, -0.25) is 4.79 Å². The highest BCUT2D eigenvalue weighted by molar-refractivity contribution is 8.15. The van der Waals surface area contributed by atoms with E-state index in [0.29, 0.717) is 11.1 Å². The van der Waals surface area contributed by atoms with E-state index in [4.69, 9.17) is 0 Å². The maximum absolute atomic E-state index is 11.6. The van der Waals surface area contributed by atoms with Gasteiger partial charge in [0.2, 0.25) is 5.91 Å². The third-order valence-corrected chi connectivity index (χ3v) is 4.51. The average Bonchev–Trinajstić information content (AvgIpc) is 2.84. The van der Waals surface area contributed by atoms with Gasteiger partial charge in [-0.05, 0) is 30.4 Å². The van der Waals surface area contributed by atoms with Crippen LogP contribution in [0.5, 0.6) is 0 Å². The van der Waals surface area contributed by atoms with Crippen LogP contribution in [0.4, 0.5) is 0 Å². The average molecular weight is 346 g/mol. The Balaban J connectivity index is 2.03. The van der Waals surface area contributed by atoms with Gasteiger partial charge in [0.15, 0.2) is 5.17 Å². The zero-order valence-corrected chi connectivity index (χ0v) is 14.7. The second kappa shape index (κ2) is 8.10. The lowest BCUT2D eigenvalue weighted by molar-refractivity contribution is -0.305. The molecular formula is C17H20N3O3S-. The zero-order chi connectivity index (χ0) is 17.7. The summed E-state index contributed by atoms with van der Waals surface area (Å²) in [5.41, 5.74) is 2.95. The van der Waals surface area contributed by atoms with Crippen LogP contribution in [0.2, 0.25) is 0 Å². The molecule has 0 radical (unpaired) electrons. The first-order valence-corrected chi connectivity index (χ1v) is 8.62. The number of hydrogen-bond acceptors (Lipinski definition) is 6. The van der Waals surface area contributed by atoms with E-state index in [9.17, 15) is 14.7 Å². The summed E-state index contributed by atoms with van der Waals surface area (Å²) in [5.74, 6) is -1.03. The maximum atomic E-state index is 11.6. The summed E-state index contributed by atoms with van der Waals surface area (Å²) in [6.45, 7) is 6.19. The van der Waals surface area contributed by atoms with Gasteiger partial charge in [-0.25, -0.2) is 0 Å². The molecule has 1 fully saturated rings. The number of amides is 1. The van der Waals surface area contributed by atoms with Gasteiger partial charge in [0.1, 0.15) is 0 Å². The number of nitrogens with zero attached hydrogens (tertiary/aromatic N) is 2. The van der Waals surface area contributed by atoms with E-state index in [2.05, 4.69) is 41.5 Å². The van der Waals surface area contributed by atoms with E-state index in [1.807, 2.05) is 19.1 Å². The second-order valence-electron chi connectivity index (χ2n) is 6.06. The number of benzene rings is 1. The third-order valence-electron chi connectivity index (χ3n) is 3.44. The van der Waals surface area contributed by atoms with Crippen LogP contribution in [0, 0.1) is 5.92 Å². The van der Waals surface area contributed by atoms with Crippen LogP contribution in [-0.4, -0.2) is 28.0 Å². The van der Waals surface area contributed by atoms with Crippen LogP contribution < -0.4 is 10.4 Å². The van der Waals surface area contributed by atoms with Crippen LogP contribution >= 0.6 is 11.8 Å². The van der Waals surface area contributed by atoms with Crippen molar-refractivity contribution in [2.24, 2.45) is 16.1 Å². The molecule has 6 nitrogen and oxygen atoms in total. The van der Waals surface area contributed by atoms with Gasteiger partial charge < -0.3 is 15.2 Å². The lowest BCUT2D eigenvalue weighted by atomic mass is 10.0. The smallest absolute Gasteiger partial charge is 0.239 e. The summed E-state index contributed by atoms with van der Waals surface area (Å²) in [5, 5.41) is 20.8. The van der Waals surface area contributed by atoms with E-state index in [0.717, 1.165) is 29.5 Å². The van der Waals surface area contributed by atoms with Gasteiger partial charge in [-0.15, -0.1) is 5.10 Å². The Morgan fingerprint density at radius 3 is 2.58 bits per heavy atom. The summed E-state index contributed by atoms with van der Waals surface area (Å²) >= 11 is 1.05. The van der Waals surface area contributed by atoms with Gasteiger partial charge in [-0.1, -0.05) is 49.9 Å². The molecule has 128 valence electrons. The molecule has 7 heteroatoms. The molecule has 0 saturated carbocycles. The Morgan fingerprint density at radius 1 is 1.33 bits per heavy atom. The van der Waals surface area contributed by atoms with Crippen molar-refractivity contribution in [1.82, 2.24) is 5.32 Å². The molecule has 0 aliphatic carbocycles. The monoisotopic (exact) mass is 346 g/mol. The zero-order valence-electron chi connectivity index (χ0n) is 13.9.